The third-order valence-electron chi connectivity index (χ3n) is 2.53. The Morgan fingerprint density at radius 2 is 2.21 bits per heavy atom. The van der Waals surface area contributed by atoms with Crippen LogP contribution in [-0.2, 0) is 16.6 Å². The van der Waals surface area contributed by atoms with E-state index in [4.69, 9.17) is 5.11 Å². The van der Waals surface area contributed by atoms with Gasteiger partial charge in [-0.1, -0.05) is 0 Å². The van der Waals surface area contributed by atoms with Gasteiger partial charge in [0.25, 0.3) is 10.0 Å². The molecule has 1 heterocycles. The SMILES string of the molecule is Cc1cc(NS(=O)(=O)c2[nH]ncc2CO)ccc1F. The van der Waals surface area contributed by atoms with Crippen molar-refractivity contribution in [2.24, 2.45) is 0 Å². The second kappa shape index (κ2) is 4.98. The zero-order valence-corrected chi connectivity index (χ0v) is 10.8. The van der Waals surface area contributed by atoms with Crippen LogP contribution in [0.4, 0.5) is 10.1 Å². The summed E-state index contributed by atoms with van der Waals surface area (Å²) in [5, 5.41) is 14.7. The molecule has 6 nitrogen and oxygen atoms in total. The number of benzene rings is 1. The van der Waals surface area contributed by atoms with E-state index in [1.54, 1.807) is 0 Å². The van der Waals surface area contributed by atoms with Crippen LogP contribution >= 0.6 is 0 Å². The second-order valence-electron chi connectivity index (χ2n) is 3.95. The third kappa shape index (κ3) is 2.74. The Balaban J connectivity index is 2.34. The van der Waals surface area contributed by atoms with Gasteiger partial charge in [-0.3, -0.25) is 9.82 Å². The average Bonchev–Trinajstić information content (AvgIpc) is 2.82. The van der Waals surface area contributed by atoms with E-state index >= 15 is 0 Å². The molecule has 0 aliphatic carbocycles. The number of aromatic amines is 1. The maximum atomic E-state index is 13.1. The van der Waals surface area contributed by atoms with Crippen molar-refractivity contribution in [3.8, 4) is 0 Å². The van der Waals surface area contributed by atoms with Gasteiger partial charge in [-0.05, 0) is 30.7 Å². The molecule has 0 spiro atoms. The molecule has 0 bridgehead atoms. The zero-order valence-electron chi connectivity index (χ0n) is 10.0. The number of aromatic nitrogens is 2. The summed E-state index contributed by atoms with van der Waals surface area (Å²) in [6.07, 6.45) is 1.23. The van der Waals surface area contributed by atoms with Crippen LogP contribution in [0.5, 0.6) is 0 Å². The van der Waals surface area contributed by atoms with Gasteiger partial charge in [-0.15, -0.1) is 0 Å². The molecule has 19 heavy (non-hydrogen) atoms. The summed E-state index contributed by atoms with van der Waals surface area (Å²) in [6, 6.07) is 3.86. The van der Waals surface area contributed by atoms with Crippen LogP contribution in [0.25, 0.3) is 0 Å². The Hall–Kier alpha value is -1.93. The molecule has 3 N–H and O–H groups in total. The van der Waals surface area contributed by atoms with Crippen LogP contribution in [0, 0.1) is 12.7 Å². The van der Waals surface area contributed by atoms with Gasteiger partial charge in [0.2, 0.25) is 0 Å². The van der Waals surface area contributed by atoms with Gasteiger partial charge in [0, 0.05) is 11.3 Å². The minimum atomic E-state index is -3.89. The normalized spacial score (nSPS) is 11.5. The molecule has 0 saturated carbocycles. The highest BCUT2D eigenvalue weighted by Crippen LogP contribution is 2.19. The van der Waals surface area contributed by atoms with E-state index in [2.05, 4.69) is 14.9 Å². The highest BCUT2D eigenvalue weighted by molar-refractivity contribution is 7.92. The van der Waals surface area contributed by atoms with E-state index in [1.807, 2.05) is 0 Å². The molecule has 0 saturated heterocycles. The standard InChI is InChI=1S/C11H12FN3O3S/c1-7-4-9(2-3-10(7)12)15-19(17,18)11-8(6-16)5-13-14-11/h2-5,15-16H,6H2,1H3,(H,13,14). The Labute approximate surface area is 109 Å². The number of sulfonamides is 1. The van der Waals surface area contributed by atoms with Gasteiger partial charge < -0.3 is 5.11 Å². The topological polar surface area (TPSA) is 95.1 Å². The molecule has 0 atom stereocenters. The fourth-order valence-electron chi connectivity index (χ4n) is 1.56. The smallest absolute Gasteiger partial charge is 0.279 e. The first kappa shape index (κ1) is 13.5. The van der Waals surface area contributed by atoms with Crippen molar-refractivity contribution < 1.29 is 17.9 Å². The Bertz CT molecular complexity index is 697. The van der Waals surface area contributed by atoms with Crippen molar-refractivity contribution in [1.82, 2.24) is 10.2 Å². The van der Waals surface area contributed by atoms with Gasteiger partial charge in [0.05, 0.1) is 12.8 Å². The van der Waals surface area contributed by atoms with E-state index in [0.717, 1.165) is 0 Å². The summed E-state index contributed by atoms with van der Waals surface area (Å²) in [5.41, 5.74) is 0.718. The lowest BCUT2D eigenvalue weighted by molar-refractivity contribution is 0.278. The molecule has 0 fully saturated rings. The number of rotatable bonds is 4. The largest absolute Gasteiger partial charge is 0.392 e. The van der Waals surface area contributed by atoms with Crippen molar-refractivity contribution in [3.05, 3.63) is 41.3 Å². The Morgan fingerprint density at radius 1 is 1.47 bits per heavy atom. The number of halogens is 1. The molecule has 2 rings (SSSR count). The maximum Gasteiger partial charge on any atom is 0.279 e. The molecule has 0 radical (unpaired) electrons. The van der Waals surface area contributed by atoms with Crippen LogP contribution in [0.2, 0.25) is 0 Å². The highest BCUT2D eigenvalue weighted by atomic mass is 32.2. The number of aryl methyl sites for hydroxylation is 1. The van der Waals surface area contributed by atoms with Crippen molar-refractivity contribution in [1.29, 1.82) is 0 Å². The Kier molecular flexibility index (Phi) is 3.54. The third-order valence-corrected chi connectivity index (χ3v) is 3.92. The van der Waals surface area contributed by atoms with Crippen molar-refractivity contribution in [2.45, 2.75) is 18.6 Å². The van der Waals surface area contributed by atoms with Crippen molar-refractivity contribution >= 4 is 15.7 Å². The van der Waals surface area contributed by atoms with Gasteiger partial charge in [-0.2, -0.15) is 13.5 Å². The lowest BCUT2D eigenvalue weighted by Crippen LogP contribution is -2.15. The fraction of sp³-hybridized carbons (Fsp3) is 0.182. The van der Waals surface area contributed by atoms with E-state index in [1.165, 1.54) is 31.3 Å². The fourth-order valence-corrected chi connectivity index (χ4v) is 2.73. The quantitative estimate of drug-likeness (QED) is 0.785. The second-order valence-corrected chi connectivity index (χ2v) is 5.57. The van der Waals surface area contributed by atoms with Gasteiger partial charge in [0.1, 0.15) is 5.82 Å². The van der Waals surface area contributed by atoms with Crippen LogP contribution in [0.3, 0.4) is 0 Å². The van der Waals surface area contributed by atoms with Crippen LogP contribution in [0.15, 0.2) is 29.4 Å². The van der Waals surface area contributed by atoms with Crippen LogP contribution < -0.4 is 4.72 Å². The van der Waals surface area contributed by atoms with Gasteiger partial charge in [-0.25, -0.2) is 4.39 Å². The molecule has 0 unspecified atom stereocenters. The van der Waals surface area contributed by atoms with Crippen molar-refractivity contribution in [2.75, 3.05) is 4.72 Å². The van der Waals surface area contributed by atoms with E-state index < -0.39 is 22.4 Å². The van der Waals surface area contributed by atoms with Crippen LogP contribution in [0.1, 0.15) is 11.1 Å². The molecular weight excluding hydrogens is 273 g/mol. The molecule has 1 aromatic heterocycles. The zero-order chi connectivity index (χ0) is 14.0. The lowest BCUT2D eigenvalue weighted by atomic mass is 10.2. The summed E-state index contributed by atoms with van der Waals surface area (Å²) >= 11 is 0. The number of anilines is 1. The highest BCUT2D eigenvalue weighted by Gasteiger charge is 2.20. The van der Waals surface area contributed by atoms with Gasteiger partial charge >= 0.3 is 0 Å². The first-order valence-corrected chi connectivity index (χ1v) is 6.84. The number of hydrogen-bond acceptors (Lipinski definition) is 4. The summed E-state index contributed by atoms with van der Waals surface area (Å²) < 4.78 is 39.5. The lowest BCUT2D eigenvalue weighted by Gasteiger charge is -2.08. The van der Waals surface area contributed by atoms with Crippen molar-refractivity contribution in [3.63, 3.8) is 0 Å². The Morgan fingerprint density at radius 3 is 2.84 bits per heavy atom. The molecule has 0 aliphatic heterocycles. The molecule has 0 amide bonds. The molecule has 0 aliphatic rings. The van der Waals surface area contributed by atoms with Crippen LogP contribution in [-0.4, -0.2) is 23.7 Å². The number of aliphatic hydroxyl groups excluding tert-OH is 1. The number of nitrogens with one attached hydrogen (secondary N) is 2. The molecule has 2 aromatic rings. The summed E-state index contributed by atoms with van der Waals surface area (Å²) in [7, 11) is -3.89. The summed E-state index contributed by atoms with van der Waals surface area (Å²) in [6.45, 7) is 1.08. The molecule has 8 heteroatoms. The maximum absolute atomic E-state index is 13.1. The minimum Gasteiger partial charge on any atom is -0.392 e. The first-order valence-electron chi connectivity index (χ1n) is 5.36. The number of nitrogens with zero attached hydrogens (tertiary/aromatic N) is 1. The van der Waals surface area contributed by atoms with E-state index in [9.17, 15) is 12.8 Å². The summed E-state index contributed by atoms with van der Waals surface area (Å²) in [4.78, 5) is 0. The minimum absolute atomic E-state index is 0.159. The predicted octanol–water partition coefficient (Wildman–Crippen LogP) is 1.15. The van der Waals surface area contributed by atoms with E-state index in [-0.39, 0.29) is 16.3 Å². The predicted molar refractivity (Wildman–Crippen MR) is 66.5 cm³/mol. The van der Waals surface area contributed by atoms with Gasteiger partial charge in [0.15, 0.2) is 5.03 Å². The monoisotopic (exact) mass is 285 g/mol. The first-order chi connectivity index (χ1) is 8.94. The van der Waals surface area contributed by atoms with E-state index in [0.29, 0.717) is 5.56 Å². The summed E-state index contributed by atoms with van der Waals surface area (Å²) in [5.74, 6) is -0.416. The molecule has 102 valence electrons. The number of H-pyrrole nitrogens is 1. The number of aliphatic hydroxyl groups is 1. The molecular formula is C11H12FN3O3S. The average molecular weight is 285 g/mol. The molecule has 1 aromatic carbocycles. The number of hydrogen-bond donors (Lipinski definition) is 3.